The van der Waals surface area contributed by atoms with E-state index in [1.807, 2.05) is 0 Å². The van der Waals surface area contributed by atoms with Gasteiger partial charge in [0, 0.05) is 12.4 Å². The Morgan fingerprint density at radius 1 is 1.25 bits per heavy atom. The predicted molar refractivity (Wildman–Crippen MR) is 76.5 cm³/mol. The highest BCUT2D eigenvalue weighted by Crippen LogP contribution is 2.26. The molecule has 16 heavy (non-hydrogen) atoms. The Kier molecular flexibility index (Phi) is 4.77. The van der Waals surface area contributed by atoms with Gasteiger partial charge in [-0.2, -0.15) is 0 Å². The van der Waals surface area contributed by atoms with Gasteiger partial charge in [0.1, 0.15) is 5.60 Å². The molecule has 0 aromatic carbocycles. The predicted octanol–water partition coefficient (Wildman–Crippen LogP) is 3.60. The van der Waals surface area contributed by atoms with Crippen LogP contribution >= 0.6 is 45.2 Å². The third kappa shape index (κ3) is 4.40. The van der Waals surface area contributed by atoms with Crippen molar-refractivity contribution in [3.8, 4) is 5.75 Å². The first-order valence-electron chi connectivity index (χ1n) is 4.49. The van der Waals surface area contributed by atoms with Crippen LogP contribution in [0, 0.1) is 7.14 Å². The summed E-state index contributed by atoms with van der Waals surface area (Å²) in [5.74, 6) is 0.491. The Morgan fingerprint density at radius 2 is 1.75 bits per heavy atom. The van der Waals surface area contributed by atoms with Crippen LogP contribution in [0.15, 0.2) is 12.4 Å². The van der Waals surface area contributed by atoms with Crippen molar-refractivity contribution in [2.24, 2.45) is 0 Å². The minimum Gasteiger partial charge on any atom is -0.428 e. The van der Waals surface area contributed by atoms with Crippen LogP contribution in [-0.2, 0) is 4.74 Å². The quantitative estimate of drug-likeness (QED) is 0.488. The van der Waals surface area contributed by atoms with Crippen molar-refractivity contribution in [2.75, 3.05) is 0 Å². The molecule has 0 fully saturated rings. The summed E-state index contributed by atoms with van der Waals surface area (Å²) in [5, 5.41) is 0. The average Bonchev–Trinajstić information content (AvgIpc) is 2.08. The van der Waals surface area contributed by atoms with Gasteiger partial charge in [0.2, 0.25) is 0 Å². The molecule has 0 bridgehead atoms. The SMILES string of the molecule is CC(C)(C)OC(=O)Oc1c(I)cncc1I. The smallest absolute Gasteiger partial charge is 0.428 e. The van der Waals surface area contributed by atoms with E-state index in [-0.39, 0.29) is 0 Å². The van der Waals surface area contributed by atoms with Crippen molar-refractivity contribution in [3.63, 3.8) is 0 Å². The Hall–Kier alpha value is -0.120. The molecule has 0 spiro atoms. The summed E-state index contributed by atoms with van der Waals surface area (Å²) in [6.45, 7) is 5.37. The summed E-state index contributed by atoms with van der Waals surface area (Å²) < 4.78 is 11.7. The topological polar surface area (TPSA) is 48.4 Å². The highest BCUT2D eigenvalue weighted by atomic mass is 127. The third-order valence-electron chi connectivity index (χ3n) is 1.38. The van der Waals surface area contributed by atoms with E-state index in [2.05, 4.69) is 50.2 Å². The standard InChI is InChI=1S/C10H11I2NO3/c1-10(2,3)16-9(14)15-8-6(11)4-13-5-7(8)12/h4-5H,1-3H3. The number of pyridine rings is 1. The second kappa shape index (κ2) is 5.48. The minimum absolute atomic E-state index is 0.491. The van der Waals surface area contributed by atoms with E-state index in [4.69, 9.17) is 9.47 Å². The molecule has 1 rings (SSSR count). The second-order valence-electron chi connectivity index (χ2n) is 4.00. The highest BCUT2D eigenvalue weighted by Gasteiger charge is 2.20. The summed E-state index contributed by atoms with van der Waals surface area (Å²) in [6, 6.07) is 0. The van der Waals surface area contributed by atoms with Crippen LogP contribution in [-0.4, -0.2) is 16.7 Å². The first-order valence-corrected chi connectivity index (χ1v) is 6.65. The van der Waals surface area contributed by atoms with Crippen LogP contribution in [0.5, 0.6) is 5.75 Å². The normalized spacial score (nSPS) is 11.1. The molecule has 1 heterocycles. The van der Waals surface area contributed by atoms with Gasteiger partial charge in [-0.05, 0) is 66.0 Å². The molecule has 0 aliphatic rings. The number of hydrogen-bond acceptors (Lipinski definition) is 4. The number of ether oxygens (including phenoxy) is 2. The fourth-order valence-electron chi connectivity index (χ4n) is 0.851. The van der Waals surface area contributed by atoms with Crippen LogP contribution in [0.4, 0.5) is 4.79 Å². The molecule has 0 saturated heterocycles. The monoisotopic (exact) mass is 447 g/mol. The summed E-state index contributed by atoms with van der Waals surface area (Å²) >= 11 is 4.11. The number of rotatable bonds is 1. The third-order valence-corrected chi connectivity index (χ3v) is 2.92. The highest BCUT2D eigenvalue weighted by molar-refractivity contribution is 14.1. The molecule has 0 aliphatic heterocycles. The maximum Gasteiger partial charge on any atom is 0.514 e. The Balaban J connectivity index is 2.78. The van der Waals surface area contributed by atoms with Gasteiger partial charge >= 0.3 is 6.16 Å². The van der Waals surface area contributed by atoms with E-state index < -0.39 is 11.8 Å². The molecule has 0 atom stereocenters. The fourth-order valence-corrected chi connectivity index (χ4v) is 2.49. The van der Waals surface area contributed by atoms with Gasteiger partial charge < -0.3 is 9.47 Å². The van der Waals surface area contributed by atoms with Crippen LogP contribution in [0.1, 0.15) is 20.8 Å². The van der Waals surface area contributed by atoms with Crippen molar-refractivity contribution in [1.82, 2.24) is 4.98 Å². The number of carbonyl (C=O) groups is 1. The Morgan fingerprint density at radius 3 is 2.19 bits per heavy atom. The van der Waals surface area contributed by atoms with Crippen LogP contribution in [0.2, 0.25) is 0 Å². The number of nitrogens with zero attached hydrogens (tertiary/aromatic N) is 1. The van der Waals surface area contributed by atoms with Gasteiger partial charge in [-0.25, -0.2) is 4.79 Å². The zero-order valence-electron chi connectivity index (χ0n) is 9.08. The van der Waals surface area contributed by atoms with E-state index in [1.165, 1.54) is 0 Å². The molecule has 1 aromatic heterocycles. The largest absolute Gasteiger partial charge is 0.514 e. The van der Waals surface area contributed by atoms with Crippen molar-refractivity contribution in [3.05, 3.63) is 19.5 Å². The molecule has 0 aliphatic carbocycles. The summed E-state index contributed by atoms with van der Waals surface area (Å²) in [7, 11) is 0. The van der Waals surface area contributed by atoms with Gasteiger partial charge in [0.05, 0.1) is 7.14 Å². The fraction of sp³-hybridized carbons (Fsp3) is 0.400. The van der Waals surface area contributed by atoms with Crippen LogP contribution in [0.25, 0.3) is 0 Å². The van der Waals surface area contributed by atoms with Crippen LogP contribution in [0.3, 0.4) is 0 Å². The van der Waals surface area contributed by atoms with Crippen molar-refractivity contribution in [1.29, 1.82) is 0 Å². The maximum absolute atomic E-state index is 11.5. The average molecular weight is 447 g/mol. The van der Waals surface area contributed by atoms with Crippen molar-refractivity contribution < 1.29 is 14.3 Å². The maximum atomic E-state index is 11.5. The minimum atomic E-state index is -0.700. The molecular weight excluding hydrogens is 436 g/mol. The zero-order chi connectivity index (χ0) is 12.3. The van der Waals surface area contributed by atoms with Gasteiger partial charge in [0.25, 0.3) is 0 Å². The lowest BCUT2D eigenvalue weighted by molar-refractivity contribution is 0.0202. The molecule has 0 unspecified atom stereocenters. The molecule has 88 valence electrons. The van der Waals surface area contributed by atoms with E-state index >= 15 is 0 Å². The Bertz CT molecular complexity index is 381. The van der Waals surface area contributed by atoms with Gasteiger partial charge in [-0.15, -0.1) is 0 Å². The summed E-state index contributed by atoms with van der Waals surface area (Å²) in [4.78, 5) is 15.4. The second-order valence-corrected chi connectivity index (χ2v) is 6.32. The molecule has 1 aromatic rings. The lowest BCUT2D eigenvalue weighted by atomic mass is 10.2. The molecule has 6 heteroatoms. The number of aromatic nitrogens is 1. The first-order chi connectivity index (χ1) is 7.29. The van der Waals surface area contributed by atoms with Crippen LogP contribution < -0.4 is 4.74 Å². The van der Waals surface area contributed by atoms with E-state index in [0.29, 0.717) is 5.75 Å². The number of hydrogen-bond donors (Lipinski definition) is 0. The van der Waals surface area contributed by atoms with Gasteiger partial charge in [-0.1, -0.05) is 0 Å². The first kappa shape index (κ1) is 13.9. The summed E-state index contributed by atoms with van der Waals surface area (Å²) in [6.07, 6.45) is 2.56. The summed E-state index contributed by atoms with van der Waals surface area (Å²) in [5.41, 5.74) is -0.555. The zero-order valence-corrected chi connectivity index (χ0v) is 13.4. The molecule has 0 saturated carbocycles. The molecule has 4 nitrogen and oxygen atoms in total. The molecule has 0 amide bonds. The van der Waals surface area contributed by atoms with Gasteiger partial charge in [0.15, 0.2) is 5.75 Å². The van der Waals surface area contributed by atoms with E-state index in [1.54, 1.807) is 33.2 Å². The molecule has 0 radical (unpaired) electrons. The lowest BCUT2D eigenvalue weighted by Crippen LogP contribution is -2.26. The molecule has 0 N–H and O–H groups in total. The number of carbonyl (C=O) groups excluding carboxylic acids is 1. The van der Waals surface area contributed by atoms with Crippen molar-refractivity contribution >= 4 is 51.3 Å². The van der Waals surface area contributed by atoms with Gasteiger partial charge in [-0.3, -0.25) is 4.98 Å². The lowest BCUT2D eigenvalue weighted by Gasteiger charge is -2.19. The number of halogens is 2. The molecular formula is C10H11I2NO3. The van der Waals surface area contributed by atoms with E-state index in [9.17, 15) is 4.79 Å². The Labute approximate surface area is 121 Å². The van der Waals surface area contributed by atoms with E-state index in [0.717, 1.165) is 7.14 Å². The van der Waals surface area contributed by atoms with Crippen molar-refractivity contribution in [2.45, 2.75) is 26.4 Å².